The molecular weight excluding hydrogens is 220 g/mol. The van der Waals surface area contributed by atoms with Crippen molar-refractivity contribution in [2.75, 3.05) is 0 Å². The second kappa shape index (κ2) is 7.58. The van der Waals surface area contributed by atoms with Crippen molar-refractivity contribution in [3.63, 3.8) is 0 Å². The van der Waals surface area contributed by atoms with Crippen LogP contribution in [0.2, 0.25) is 0 Å². The van der Waals surface area contributed by atoms with Gasteiger partial charge in [-0.1, -0.05) is 57.5 Å². The minimum Gasteiger partial charge on any atom is -0.393 e. The molecule has 0 bridgehead atoms. The number of aryl methyl sites for hydroxylation is 1. The fourth-order valence-corrected chi connectivity index (χ4v) is 2.20. The Kier molecular flexibility index (Phi) is 6.42. The van der Waals surface area contributed by atoms with E-state index in [-0.39, 0.29) is 6.10 Å². The number of hydrogen-bond acceptors (Lipinski definition) is 1. The molecule has 1 unspecified atom stereocenters. The molecule has 0 amide bonds. The average molecular weight is 248 g/mol. The van der Waals surface area contributed by atoms with Gasteiger partial charge in [-0.2, -0.15) is 0 Å². The van der Waals surface area contributed by atoms with Gasteiger partial charge in [0, 0.05) is 0 Å². The van der Waals surface area contributed by atoms with Crippen LogP contribution in [0.4, 0.5) is 0 Å². The van der Waals surface area contributed by atoms with Crippen molar-refractivity contribution in [3.8, 4) is 0 Å². The highest BCUT2D eigenvalue weighted by molar-refractivity contribution is 5.14. The summed E-state index contributed by atoms with van der Waals surface area (Å²) in [6, 6.07) is 10.5. The molecule has 0 heterocycles. The monoisotopic (exact) mass is 248 g/mol. The van der Waals surface area contributed by atoms with Crippen LogP contribution >= 0.6 is 0 Å². The predicted molar refractivity (Wildman–Crippen MR) is 78.7 cm³/mol. The van der Waals surface area contributed by atoms with Crippen LogP contribution in [0.3, 0.4) is 0 Å². The van der Waals surface area contributed by atoms with E-state index >= 15 is 0 Å². The van der Waals surface area contributed by atoms with E-state index in [0.29, 0.717) is 5.41 Å². The number of aliphatic hydroxyl groups excluding tert-OH is 1. The number of benzene rings is 1. The van der Waals surface area contributed by atoms with Crippen LogP contribution in [0.15, 0.2) is 30.3 Å². The molecule has 1 atom stereocenters. The van der Waals surface area contributed by atoms with Crippen LogP contribution in [-0.4, -0.2) is 11.2 Å². The van der Waals surface area contributed by atoms with Gasteiger partial charge in [0.2, 0.25) is 0 Å². The third kappa shape index (κ3) is 7.50. The van der Waals surface area contributed by atoms with Crippen LogP contribution in [0, 0.1) is 5.41 Å². The molecular formula is C17H28O. The second-order valence-corrected chi connectivity index (χ2v) is 6.48. The van der Waals surface area contributed by atoms with E-state index in [1.807, 2.05) is 6.07 Å². The first-order chi connectivity index (χ1) is 8.47. The number of hydrogen-bond donors (Lipinski definition) is 1. The van der Waals surface area contributed by atoms with Crippen LogP contribution in [0.1, 0.15) is 58.4 Å². The normalized spacial score (nSPS) is 13.6. The molecule has 0 aliphatic heterocycles. The Hall–Kier alpha value is -0.820. The summed E-state index contributed by atoms with van der Waals surface area (Å²) >= 11 is 0. The molecule has 1 nitrogen and oxygen atoms in total. The first-order valence-corrected chi connectivity index (χ1v) is 7.19. The lowest BCUT2D eigenvalue weighted by Crippen LogP contribution is -2.10. The summed E-state index contributed by atoms with van der Waals surface area (Å²) in [5.74, 6) is 0. The standard InChI is InChI=1S/C17H28O/c1-17(2,3)14-8-13-16(18)12-7-11-15-9-5-4-6-10-15/h4-6,9-10,16,18H,7-8,11-14H2,1-3H3. The summed E-state index contributed by atoms with van der Waals surface area (Å²) in [6.45, 7) is 6.78. The zero-order valence-corrected chi connectivity index (χ0v) is 12.2. The fraction of sp³-hybridized carbons (Fsp3) is 0.647. The van der Waals surface area contributed by atoms with E-state index in [1.165, 1.54) is 12.0 Å². The largest absolute Gasteiger partial charge is 0.393 e. The van der Waals surface area contributed by atoms with E-state index < -0.39 is 0 Å². The summed E-state index contributed by atoms with van der Waals surface area (Å²) in [7, 11) is 0. The Morgan fingerprint density at radius 3 is 2.22 bits per heavy atom. The lowest BCUT2D eigenvalue weighted by molar-refractivity contribution is 0.144. The zero-order chi connectivity index (χ0) is 13.4. The van der Waals surface area contributed by atoms with Crippen molar-refractivity contribution in [3.05, 3.63) is 35.9 Å². The van der Waals surface area contributed by atoms with Gasteiger partial charge in [0.1, 0.15) is 0 Å². The molecule has 0 radical (unpaired) electrons. The molecule has 0 saturated carbocycles. The highest BCUT2D eigenvalue weighted by Gasteiger charge is 2.11. The van der Waals surface area contributed by atoms with Crippen LogP contribution in [0.25, 0.3) is 0 Å². The highest BCUT2D eigenvalue weighted by Crippen LogP contribution is 2.22. The van der Waals surface area contributed by atoms with Gasteiger partial charge in [-0.3, -0.25) is 0 Å². The molecule has 1 aromatic rings. The molecule has 0 aromatic heterocycles. The quantitative estimate of drug-likeness (QED) is 0.748. The molecule has 0 spiro atoms. The van der Waals surface area contributed by atoms with Gasteiger partial charge < -0.3 is 5.11 Å². The van der Waals surface area contributed by atoms with Crippen LogP contribution in [0.5, 0.6) is 0 Å². The van der Waals surface area contributed by atoms with E-state index in [4.69, 9.17) is 0 Å². The Morgan fingerprint density at radius 1 is 1.00 bits per heavy atom. The zero-order valence-electron chi connectivity index (χ0n) is 12.2. The maximum absolute atomic E-state index is 9.92. The summed E-state index contributed by atoms with van der Waals surface area (Å²) in [5.41, 5.74) is 1.77. The first kappa shape index (κ1) is 15.2. The molecule has 0 saturated heterocycles. The first-order valence-electron chi connectivity index (χ1n) is 7.19. The Labute approximate surface area is 112 Å². The van der Waals surface area contributed by atoms with Crippen molar-refractivity contribution in [2.45, 2.75) is 65.4 Å². The summed E-state index contributed by atoms with van der Waals surface area (Å²) in [6.07, 6.45) is 6.26. The molecule has 18 heavy (non-hydrogen) atoms. The number of rotatable bonds is 7. The van der Waals surface area contributed by atoms with Crippen molar-refractivity contribution < 1.29 is 5.11 Å². The molecule has 1 N–H and O–H groups in total. The van der Waals surface area contributed by atoms with Crippen molar-refractivity contribution in [1.29, 1.82) is 0 Å². The Bertz CT molecular complexity index is 310. The Balaban J connectivity index is 2.09. The molecule has 102 valence electrons. The Morgan fingerprint density at radius 2 is 1.61 bits per heavy atom. The molecule has 1 rings (SSSR count). The molecule has 0 fully saturated rings. The van der Waals surface area contributed by atoms with Gasteiger partial charge in [-0.25, -0.2) is 0 Å². The molecule has 1 aromatic carbocycles. The predicted octanol–water partition coefficient (Wildman–Crippen LogP) is 4.59. The van der Waals surface area contributed by atoms with Gasteiger partial charge in [0.05, 0.1) is 6.10 Å². The number of aliphatic hydroxyl groups is 1. The topological polar surface area (TPSA) is 20.2 Å². The van der Waals surface area contributed by atoms with Crippen molar-refractivity contribution in [1.82, 2.24) is 0 Å². The fourth-order valence-electron chi connectivity index (χ4n) is 2.20. The lowest BCUT2D eigenvalue weighted by atomic mass is 9.89. The third-order valence-corrected chi connectivity index (χ3v) is 3.31. The van der Waals surface area contributed by atoms with Gasteiger partial charge >= 0.3 is 0 Å². The maximum Gasteiger partial charge on any atom is 0.0540 e. The molecule has 1 heteroatoms. The van der Waals surface area contributed by atoms with Gasteiger partial charge in [0.25, 0.3) is 0 Å². The molecule has 0 aliphatic carbocycles. The van der Waals surface area contributed by atoms with Gasteiger partial charge in [-0.05, 0) is 43.1 Å². The van der Waals surface area contributed by atoms with E-state index in [0.717, 1.165) is 32.1 Å². The lowest BCUT2D eigenvalue weighted by Gasteiger charge is -2.19. The smallest absolute Gasteiger partial charge is 0.0540 e. The highest BCUT2D eigenvalue weighted by atomic mass is 16.3. The van der Waals surface area contributed by atoms with Gasteiger partial charge in [-0.15, -0.1) is 0 Å². The van der Waals surface area contributed by atoms with Crippen molar-refractivity contribution in [2.24, 2.45) is 5.41 Å². The van der Waals surface area contributed by atoms with Gasteiger partial charge in [0.15, 0.2) is 0 Å². The van der Waals surface area contributed by atoms with E-state index in [1.54, 1.807) is 0 Å². The summed E-state index contributed by atoms with van der Waals surface area (Å²) < 4.78 is 0. The maximum atomic E-state index is 9.92. The van der Waals surface area contributed by atoms with Crippen LogP contribution < -0.4 is 0 Å². The SMILES string of the molecule is CC(C)(C)CCCC(O)CCCc1ccccc1. The summed E-state index contributed by atoms with van der Waals surface area (Å²) in [4.78, 5) is 0. The third-order valence-electron chi connectivity index (χ3n) is 3.31. The van der Waals surface area contributed by atoms with Crippen LogP contribution in [-0.2, 0) is 6.42 Å². The second-order valence-electron chi connectivity index (χ2n) is 6.48. The van der Waals surface area contributed by atoms with E-state index in [2.05, 4.69) is 45.0 Å². The van der Waals surface area contributed by atoms with E-state index in [9.17, 15) is 5.11 Å². The minimum atomic E-state index is -0.115. The minimum absolute atomic E-state index is 0.115. The molecule has 0 aliphatic rings. The summed E-state index contributed by atoms with van der Waals surface area (Å²) in [5, 5.41) is 9.92. The average Bonchev–Trinajstić information content (AvgIpc) is 2.28. The van der Waals surface area contributed by atoms with Crippen molar-refractivity contribution >= 4 is 0 Å².